The summed E-state index contributed by atoms with van der Waals surface area (Å²) in [6.07, 6.45) is 0.729. The maximum atomic E-state index is 13.0. The van der Waals surface area contributed by atoms with E-state index in [-0.39, 0.29) is 16.2 Å². The molecule has 150 valence electrons. The first-order valence-corrected chi connectivity index (χ1v) is 10.2. The molecule has 0 amide bonds. The number of hydrogen-bond acceptors (Lipinski definition) is 7. The Bertz CT molecular complexity index is 1010. The van der Waals surface area contributed by atoms with Gasteiger partial charge in [0, 0.05) is 25.7 Å². The normalized spacial score (nSPS) is 13.2. The summed E-state index contributed by atoms with van der Waals surface area (Å²) in [5, 5.41) is 5.22. The largest absolute Gasteiger partial charge is 0.385 e. The van der Waals surface area contributed by atoms with E-state index < -0.39 is 0 Å². The fraction of sp³-hybridized carbons (Fsp3) is 0.500. The second-order valence-corrected chi connectivity index (χ2v) is 8.99. The molecular weight excluding hydrogens is 376 g/mol. The molecule has 0 fully saturated rings. The molecule has 0 bridgehead atoms. The number of rotatable bonds is 7. The number of nitrogens with zero attached hydrogens (tertiary/aromatic N) is 4. The third kappa shape index (κ3) is 4.44. The number of para-hydroxylation sites is 1. The number of thioether (sulfide) groups is 1. The van der Waals surface area contributed by atoms with E-state index in [0.717, 1.165) is 6.42 Å². The molecule has 0 unspecified atom stereocenters. The molecule has 8 heteroatoms. The Morgan fingerprint density at radius 2 is 2.00 bits per heavy atom. The summed E-state index contributed by atoms with van der Waals surface area (Å²) in [4.78, 5) is 22.3. The number of aromatic nitrogens is 4. The van der Waals surface area contributed by atoms with Crippen LogP contribution in [0, 0.1) is 0 Å². The van der Waals surface area contributed by atoms with Gasteiger partial charge in [-0.15, -0.1) is 0 Å². The van der Waals surface area contributed by atoms with Crippen LogP contribution in [0.1, 0.15) is 51.1 Å². The van der Waals surface area contributed by atoms with Gasteiger partial charge in [-0.2, -0.15) is 4.98 Å². The zero-order valence-corrected chi connectivity index (χ0v) is 17.7. The lowest BCUT2D eigenvalue weighted by atomic mass is 9.96. The summed E-state index contributed by atoms with van der Waals surface area (Å²) in [5.41, 5.74) is 0.457. The van der Waals surface area contributed by atoms with Gasteiger partial charge >= 0.3 is 0 Å². The highest BCUT2D eigenvalue weighted by Crippen LogP contribution is 2.34. The first kappa shape index (κ1) is 20.5. The van der Waals surface area contributed by atoms with Gasteiger partial charge in [-0.1, -0.05) is 49.8 Å². The highest BCUT2D eigenvalue weighted by Gasteiger charge is 2.25. The first-order valence-electron chi connectivity index (χ1n) is 9.30. The molecule has 1 aromatic carbocycles. The third-order valence-corrected chi connectivity index (χ3v) is 5.38. The summed E-state index contributed by atoms with van der Waals surface area (Å²) in [6.45, 7) is 9.22. The number of benzene rings is 1. The number of fused-ring (bicyclic) bond motifs is 1. The SMILES string of the molecule is COCCCn1c(S[C@H](C)c2nc(C(C)(C)C)no2)nc2ccccc2c1=O. The van der Waals surface area contributed by atoms with Crippen LogP contribution >= 0.6 is 11.8 Å². The fourth-order valence-electron chi connectivity index (χ4n) is 2.72. The quantitative estimate of drug-likeness (QED) is 0.336. The predicted molar refractivity (Wildman–Crippen MR) is 110 cm³/mol. The van der Waals surface area contributed by atoms with Crippen LogP contribution in [0.5, 0.6) is 0 Å². The van der Waals surface area contributed by atoms with Crippen LogP contribution in [-0.4, -0.2) is 33.4 Å². The molecule has 0 aliphatic carbocycles. The fourth-order valence-corrected chi connectivity index (χ4v) is 3.68. The van der Waals surface area contributed by atoms with Gasteiger partial charge < -0.3 is 9.26 Å². The Morgan fingerprint density at radius 3 is 2.68 bits per heavy atom. The molecule has 1 atom stereocenters. The topological polar surface area (TPSA) is 83.0 Å². The van der Waals surface area contributed by atoms with Crippen molar-refractivity contribution in [3.8, 4) is 0 Å². The van der Waals surface area contributed by atoms with Gasteiger partial charge in [-0.05, 0) is 25.5 Å². The van der Waals surface area contributed by atoms with Crippen LogP contribution < -0.4 is 5.56 Å². The highest BCUT2D eigenvalue weighted by atomic mass is 32.2. The smallest absolute Gasteiger partial charge is 0.262 e. The number of hydrogen-bond donors (Lipinski definition) is 0. The van der Waals surface area contributed by atoms with Crippen molar-refractivity contribution in [3.05, 3.63) is 46.3 Å². The molecule has 2 heterocycles. The summed E-state index contributed by atoms with van der Waals surface area (Å²) < 4.78 is 12.3. The van der Waals surface area contributed by atoms with Crippen LogP contribution in [-0.2, 0) is 16.7 Å². The van der Waals surface area contributed by atoms with Crippen molar-refractivity contribution >= 4 is 22.7 Å². The predicted octanol–water partition coefficient (Wildman–Crippen LogP) is 3.97. The molecule has 3 rings (SSSR count). The van der Waals surface area contributed by atoms with Crippen molar-refractivity contribution < 1.29 is 9.26 Å². The van der Waals surface area contributed by atoms with Crippen LogP contribution in [0.4, 0.5) is 0 Å². The van der Waals surface area contributed by atoms with Crippen LogP contribution in [0.15, 0.2) is 38.7 Å². The Balaban J connectivity index is 1.95. The molecule has 3 aromatic rings. The van der Waals surface area contributed by atoms with E-state index in [4.69, 9.17) is 14.2 Å². The van der Waals surface area contributed by atoms with Gasteiger partial charge in [-0.3, -0.25) is 9.36 Å². The van der Waals surface area contributed by atoms with Crippen molar-refractivity contribution in [3.63, 3.8) is 0 Å². The van der Waals surface area contributed by atoms with Gasteiger partial charge in [0.25, 0.3) is 5.56 Å². The molecule has 2 aromatic heterocycles. The Morgan fingerprint density at radius 1 is 1.25 bits per heavy atom. The van der Waals surface area contributed by atoms with E-state index in [1.165, 1.54) is 11.8 Å². The van der Waals surface area contributed by atoms with Crippen molar-refractivity contribution in [2.24, 2.45) is 0 Å². The van der Waals surface area contributed by atoms with Gasteiger partial charge in [0.2, 0.25) is 5.89 Å². The summed E-state index contributed by atoms with van der Waals surface area (Å²) in [5.74, 6) is 1.19. The van der Waals surface area contributed by atoms with Crippen LogP contribution in [0.2, 0.25) is 0 Å². The molecular formula is C20H26N4O3S. The third-order valence-electron chi connectivity index (χ3n) is 4.30. The lowest BCUT2D eigenvalue weighted by molar-refractivity contribution is 0.189. The molecule has 7 nitrogen and oxygen atoms in total. The van der Waals surface area contributed by atoms with E-state index in [1.807, 2.05) is 52.0 Å². The van der Waals surface area contributed by atoms with Crippen molar-refractivity contribution in [2.45, 2.75) is 56.5 Å². The molecule has 0 saturated carbocycles. The number of ether oxygens (including phenoxy) is 1. The van der Waals surface area contributed by atoms with Gasteiger partial charge in [0.15, 0.2) is 11.0 Å². The van der Waals surface area contributed by atoms with E-state index in [9.17, 15) is 4.79 Å². The van der Waals surface area contributed by atoms with Crippen LogP contribution in [0.3, 0.4) is 0 Å². The van der Waals surface area contributed by atoms with Gasteiger partial charge in [-0.25, -0.2) is 4.98 Å². The molecule has 0 saturated heterocycles. The average Bonchev–Trinajstić information content (AvgIpc) is 3.15. The summed E-state index contributed by atoms with van der Waals surface area (Å²) in [7, 11) is 1.65. The molecule has 0 radical (unpaired) electrons. The minimum atomic E-state index is -0.185. The van der Waals surface area contributed by atoms with Gasteiger partial charge in [0.05, 0.1) is 16.2 Å². The zero-order chi connectivity index (χ0) is 20.3. The average molecular weight is 403 g/mol. The standard InChI is InChI=1S/C20H26N4O3S/c1-13(16-22-18(23-27-16)20(2,3)4)28-19-21-15-10-7-6-9-14(15)17(25)24(19)11-8-12-26-5/h6-7,9-10,13H,8,11-12H2,1-5H3/t13-/m1/s1. The van der Waals surface area contributed by atoms with Gasteiger partial charge in [0.1, 0.15) is 0 Å². The lowest BCUT2D eigenvalue weighted by Gasteiger charge is -2.15. The monoisotopic (exact) mass is 402 g/mol. The first-order chi connectivity index (χ1) is 13.3. The van der Waals surface area contributed by atoms with Crippen LogP contribution in [0.25, 0.3) is 10.9 Å². The Kier molecular flexibility index (Phi) is 6.20. The highest BCUT2D eigenvalue weighted by molar-refractivity contribution is 7.99. The Labute approximate surface area is 168 Å². The maximum Gasteiger partial charge on any atom is 0.262 e. The van der Waals surface area contributed by atoms with E-state index in [1.54, 1.807) is 11.7 Å². The van der Waals surface area contributed by atoms with Crippen molar-refractivity contribution in [2.75, 3.05) is 13.7 Å². The maximum absolute atomic E-state index is 13.0. The zero-order valence-electron chi connectivity index (χ0n) is 16.9. The molecule has 0 aliphatic rings. The molecule has 0 N–H and O–H groups in total. The summed E-state index contributed by atoms with van der Waals surface area (Å²) in [6, 6.07) is 7.40. The van der Waals surface area contributed by atoms with Crippen molar-refractivity contribution in [1.82, 2.24) is 19.7 Å². The molecule has 0 aliphatic heterocycles. The van der Waals surface area contributed by atoms with E-state index >= 15 is 0 Å². The minimum absolute atomic E-state index is 0.0442. The second-order valence-electron chi connectivity index (χ2n) is 7.68. The lowest BCUT2D eigenvalue weighted by Crippen LogP contribution is -2.24. The minimum Gasteiger partial charge on any atom is -0.385 e. The molecule has 0 spiro atoms. The molecule has 28 heavy (non-hydrogen) atoms. The van der Waals surface area contributed by atoms with Crippen molar-refractivity contribution in [1.29, 1.82) is 0 Å². The number of methoxy groups -OCH3 is 1. The van der Waals surface area contributed by atoms with E-state index in [2.05, 4.69) is 10.1 Å². The summed E-state index contributed by atoms with van der Waals surface area (Å²) >= 11 is 1.45. The second kappa shape index (κ2) is 8.45. The van der Waals surface area contributed by atoms with E-state index in [0.29, 0.717) is 40.9 Å². The Hall–Kier alpha value is -2.19.